The highest BCUT2D eigenvalue weighted by Crippen LogP contribution is 2.32. The number of carbonyl (C=O) groups is 1. The monoisotopic (exact) mass is 253 g/mol. The summed E-state index contributed by atoms with van der Waals surface area (Å²) in [7, 11) is 0. The molecule has 0 atom stereocenters. The van der Waals surface area contributed by atoms with Gasteiger partial charge in [-0.05, 0) is 31.4 Å². The van der Waals surface area contributed by atoms with Crippen molar-refractivity contribution in [2.75, 3.05) is 0 Å². The molecule has 2 nitrogen and oxygen atoms in total. The lowest BCUT2D eigenvalue weighted by Gasteiger charge is -2.36. The quantitative estimate of drug-likeness (QED) is 0.824. The molecule has 0 unspecified atom stereocenters. The lowest BCUT2D eigenvalue weighted by atomic mass is 9.73. The van der Waals surface area contributed by atoms with Crippen molar-refractivity contribution in [2.45, 2.75) is 24.8 Å². The average molecular weight is 254 g/mol. The van der Waals surface area contributed by atoms with E-state index in [-0.39, 0.29) is 5.78 Å². The van der Waals surface area contributed by atoms with E-state index in [4.69, 9.17) is 5.73 Å². The zero-order valence-electron chi connectivity index (χ0n) is 7.79. The maximum Gasteiger partial charge on any atom is 0.182 e. The van der Waals surface area contributed by atoms with E-state index in [9.17, 15) is 4.79 Å². The molecule has 1 fully saturated rings. The molecule has 3 heteroatoms. The number of nitrogens with two attached hydrogens (primary N) is 1. The Bertz CT molecular complexity index is 371. The van der Waals surface area contributed by atoms with E-state index in [1.807, 2.05) is 24.3 Å². The number of ketones is 1. The molecule has 0 radical (unpaired) electrons. The van der Waals surface area contributed by atoms with Gasteiger partial charge in [-0.3, -0.25) is 4.79 Å². The summed E-state index contributed by atoms with van der Waals surface area (Å²) in [6.07, 6.45) is 2.70. The van der Waals surface area contributed by atoms with Gasteiger partial charge in [-0.1, -0.05) is 28.1 Å². The van der Waals surface area contributed by atoms with E-state index in [0.717, 1.165) is 23.7 Å². The average Bonchev–Trinajstić information content (AvgIpc) is 2.13. The van der Waals surface area contributed by atoms with Crippen LogP contribution in [-0.2, 0) is 0 Å². The van der Waals surface area contributed by atoms with Crippen LogP contribution in [0.1, 0.15) is 29.6 Å². The molecular formula is C11H12BrNO. The number of halogens is 1. The van der Waals surface area contributed by atoms with Crippen LogP contribution in [0.25, 0.3) is 0 Å². The van der Waals surface area contributed by atoms with Crippen molar-refractivity contribution in [3.63, 3.8) is 0 Å². The second-order valence-corrected chi connectivity index (χ2v) is 4.76. The van der Waals surface area contributed by atoms with Crippen LogP contribution >= 0.6 is 15.9 Å². The van der Waals surface area contributed by atoms with Gasteiger partial charge in [0.25, 0.3) is 0 Å². The zero-order valence-corrected chi connectivity index (χ0v) is 9.38. The first-order valence-corrected chi connectivity index (χ1v) is 5.50. The Hall–Kier alpha value is -0.670. The van der Waals surface area contributed by atoms with E-state index in [1.165, 1.54) is 0 Å². The van der Waals surface area contributed by atoms with Gasteiger partial charge in [0.15, 0.2) is 5.78 Å². The number of benzene rings is 1. The van der Waals surface area contributed by atoms with Crippen molar-refractivity contribution in [2.24, 2.45) is 5.73 Å². The van der Waals surface area contributed by atoms with E-state index in [0.29, 0.717) is 5.56 Å². The zero-order chi connectivity index (χ0) is 10.2. The normalized spacial score (nSPS) is 18.7. The molecule has 0 aromatic heterocycles. The van der Waals surface area contributed by atoms with Crippen LogP contribution in [0.5, 0.6) is 0 Å². The molecule has 14 heavy (non-hydrogen) atoms. The Morgan fingerprint density at radius 1 is 1.43 bits per heavy atom. The van der Waals surface area contributed by atoms with E-state index in [2.05, 4.69) is 15.9 Å². The first kappa shape index (κ1) is 9.87. The summed E-state index contributed by atoms with van der Waals surface area (Å²) in [4.78, 5) is 12.0. The molecule has 2 rings (SSSR count). The van der Waals surface area contributed by atoms with E-state index in [1.54, 1.807) is 0 Å². The molecule has 1 aliphatic rings. The maximum atomic E-state index is 12.0. The molecule has 0 bridgehead atoms. The van der Waals surface area contributed by atoms with Gasteiger partial charge in [-0.2, -0.15) is 0 Å². The van der Waals surface area contributed by atoms with Crippen molar-refractivity contribution in [1.82, 2.24) is 0 Å². The summed E-state index contributed by atoms with van der Waals surface area (Å²) in [5.74, 6) is 0.0741. The van der Waals surface area contributed by atoms with Gasteiger partial charge in [-0.25, -0.2) is 0 Å². The largest absolute Gasteiger partial charge is 0.319 e. The van der Waals surface area contributed by atoms with Crippen LogP contribution in [0.4, 0.5) is 0 Å². The highest BCUT2D eigenvalue weighted by molar-refractivity contribution is 9.10. The minimum atomic E-state index is -0.583. The second-order valence-electron chi connectivity index (χ2n) is 3.85. The van der Waals surface area contributed by atoms with Crippen molar-refractivity contribution in [3.05, 3.63) is 34.3 Å². The summed E-state index contributed by atoms with van der Waals surface area (Å²) in [6, 6.07) is 7.41. The fourth-order valence-corrected chi connectivity index (χ4v) is 2.10. The van der Waals surface area contributed by atoms with Crippen molar-refractivity contribution in [1.29, 1.82) is 0 Å². The van der Waals surface area contributed by atoms with Crippen LogP contribution in [0, 0.1) is 0 Å². The fourth-order valence-electron chi connectivity index (χ4n) is 1.70. The van der Waals surface area contributed by atoms with Crippen LogP contribution in [0.2, 0.25) is 0 Å². The Labute approximate surface area is 91.6 Å². The van der Waals surface area contributed by atoms with Gasteiger partial charge in [0.2, 0.25) is 0 Å². The highest BCUT2D eigenvalue weighted by Gasteiger charge is 2.40. The smallest absolute Gasteiger partial charge is 0.182 e. The molecule has 0 heterocycles. The van der Waals surface area contributed by atoms with Crippen LogP contribution in [0.15, 0.2) is 28.7 Å². The molecule has 2 N–H and O–H groups in total. The summed E-state index contributed by atoms with van der Waals surface area (Å²) in [5, 5.41) is 0. The molecule has 0 saturated heterocycles. The Kier molecular flexibility index (Phi) is 2.45. The highest BCUT2D eigenvalue weighted by atomic mass is 79.9. The molecule has 1 aromatic carbocycles. The van der Waals surface area contributed by atoms with Gasteiger partial charge in [-0.15, -0.1) is 0 Å². The molecule has 0 spiro atoms. The fraction of sp³-hybridized carbons (Fsp3) is 0.364. The minimum Gasteiger partial charge on any atom is -0.319 e. The van der Waals surface area contributed by atoms with Gasteiger partial charge in [0.1, 0.15) is 0 Å². The summed E-state index contributed by atoms with van der Waals surface area (Å²) < 4.78 is 0.922. The number of Topliss-reactive ketones (excluding diaryl/α,β-unsaturated/α-hetero) is 1. The van der Waals surface area contributed by atoms with Crippen molar-refractivity contribution < 1.29 is 4.79 Å². The standard InChI is InChI=1S/C11H12BrNO/c12-9-4-1-3-8(7-9)10(14)11(13)5-2-6-11/h1,3-4,7H,2,5-6,13H2. The third-order valence-electron chi connectivity index (χ3n) is 2.78. The van der Waals surface area contributed by atoms with E-state index >= 15 is 0 Å². The lowest BCUT2D eigenvalue weighted by molar-refractivity contribution is 0.0800. The summed E-state index contributed by atoms with van der Waals surface area (Å²) in [5.41, 5.74) is 6.09. The molecular weight excluding hydrogens is 242 g/mol. The number of carbonyl (C=O) groups excluding carboxylic acids is 1. The predicted octanol–water partition coefficient (Wildman–Crippen LogP) is 2.51. The van der Waals surface area contributed by atoms with Crippen LogP contribution in [0.3, 0.4) is 0 Å². The molecule has 1 aromatic rings. The second kappa shape index (κ2) is 3.48. The maximum absolute atomic E-state index is 12.0. The first-order chi connectivity index (χ1) is 6.62. The lowest BCUT2D eigenvalue weighted by Crippen LogP contribution is -2.53. The molecule has 0 amide bonds. The molecule has 1 aliphatic carbocycles. The minimum absolute atomic E-state index is 0.0741. The van der Waals surface area contributed by atoms with Crippen LogP contribution in [-0.4, -0.2) is 11.3 Å². The number of hydrogen-bond acceptors (Lipinski definition) is 2. The Balaban J connectivity index is 2.27. The van der Waals surface area contributed by atoms with Gasteiger partial charge in [0, 0.05) is 10.0 Å². The Morgan fingerprint density at radius 2 is 2.14 bits per heavy atom. The topological polar surface area (TPSA) is 43.1 Å². The molecule has 1 saturated carbocycles. The van der Waals surface area contributed by atoms with Crippen molar-refractivity contribution in [3.8, 4) is 0 Å². The van der Waals surface area contributed by atoms with E-state index < -0.39 is 5.54 Å². The number of hydrogen-bond donors (Lipinski definition) is 1. The Morgan fingerprint density at radius 3 is 2.64 bits per heavy atom. The van der Waals surface area contributed by atoms with Crippen molar-refractivity contribution >= 4 is 21.7 Å². The summed E-state index contributed by atoms with van der Waals surface area (Å²) >= 11 is 3.34. The number of rotatable bonds is 2. The van der Waals surface area contributed by atoms with Gasteiger partial charge < -0.3 is 5.73 Å². The summed E-state index contributed by atoms with van der Waals surface area (Å²) in [6.45, 7) is 0. The third-order valence-corrected chi connectivity index (χ3v) is 3.28. The molecule has 0 aliphatic heterocycles. The first-order valence-electron chi connectivity index (χ1n) is 4.71. The SMILES string of the molecule is NC1(C(=O)c2cccc(Br)c2)CCC1. The third kappa shape index (κ3) is 1.62. The molecule has 74 valence electrons. The van der Waals surface area contributed by atoms with Gasteiger partial charge >= 0.3 is 0 Å². The van der Waals surface area contributed by atoms with Crippen LogP contribution < -0.4 is 5.73 Å². The predicted molar refractivity (Wildman–Crippen MR) is 59.2 cm³/mol. The van der Waals surface area contributed by atoms with Gasteiger partial charge in [0.05, 0.1) is 5.54 Å².